The zero-order valence-electron chi connectivity index (χ0n) is 12.0. The smallest absolute Gasteiger partial charge is 0.251 e. The Hall–Kier alpha value is -2.08. The van der Waals surface area contributed by atoms with E-state index < -0.39 is 11.6 Å². The van der Waals surface area contributed by atoms with E-state index in [1.807, 2.05) is 12.3 Å². The average Bonchev–Trinajstić information content (AvgIpc) is 2.90. The van der Waals surface area contributed by atoms with Crippen LogP contribution in [0.1, 0.15) is 22.7 Å². The number of fused-ring (bicyclic) bond motifs is 1. The highest BCUT2D eigenvalue weighted by Crippen LogP contribution is 2.30. The van der Waals surface area contributed by atoms with Crippen LogP contribution < -0.4 is 4.90 Å². The normalized spacial score (nSPS) is 14.4. The first-order valence-corrected chi connectivity index (χ1v) is 7.82. The summed E-state index contributed by atoms with van der Waals surface area (Å²) in [6.07, 6.45) is 4.19. The first kappa shape index (κ1) is 14.8. The maximum absolute atomic E-state index is 13.8. The van der Waals surface area contributed by atoms with Crippen molar-refractivity contribution in [2.24, 2.45) is 0 Å². The molecule has 2 heterocycles. The Bertz CT molecular complexity index is 755. The summed E-state index contributed by atoms with van der Waals surface area (Å²) in [4.78, 5) is 18.0. The molecule has 0 unspecified atom stereocenters. The molecule has 2 aromatic rings. The molecule has 0 radical (unpaired) electrons. The molecule has 0 atom stereocenters. The minimum absolute atomic E-state index is 0.295. The Morgan fingerprint density at radius 1 is 1.41 bits per heavy atom. The van der Waals surface area contributed by atoms with Gasteiger partial charge in [-0.25, -0.2) is 13.8 Å². The number of carbonyl (C=O) groups excluding carboxylic acids is 1. The lowest BCUT2D eigenvalue weighted by atomic mass is 10.0. The molecule has 3 nitrogen and oxygen atoms in total. The van der Waals surface area contributed by atoms with E-state index in [4.69, 9.17) is 0 Å². The van der Waals surface area contributed by atoms with E-state index in [0.29, 0.717) is 36.3 Å². The first-order valence-electron chi connectivity index (χ1n) is 6.94. The number of nitrogens with zero attached hydrogens (tertiary/aromatic N) is 2. The van der Waals surface area contributed by atoms with Crippen molar-refractivity contribution in [1.82, 2.24) is 4.98 Å². The molecule has 0 spiro atoms. The minimum atomic E-state index is -0.671. The number of anilines is 1. The first-order chi connectivity index (χ1) is 10.5. The molecule has 1 aromatic carbocycles. The van der Waals surface area contributed by atoms with E-state index in [-0.39, 0.29) is 5.91 Å². The molecule has 1 aliphatic rings. The van der Waals surface area contributed by atoms with E-state index in [1.165, 1.54) is 28.4 Å². The molecule has 0 bridgehead atoms. The number of thiazole rings is 1. The average molecular weight is 320 g/mol. The number of halogens is 2. The van der Waals surface area contributed by atoms with Gasteiger partial charge in [-0.3, -0.25) is 4.79 Å². The van der Waals surface area contributed by atoms with Crippen molar-refractivity contribution in [3.63, 3.8) is 0 Å². The second-order valence-corrected chi connectivity index (χ2v) is 6.17. The molecule has 0 saturated carbocycles. The lowest BCUT2D eigenvalue weighted by Crippen LogP contribution is -2.34. The summed E-state index contributed by atoms with van der Waals surface area (Å²) in [5.41, 5.74) is 1.44. The van der Waals surface area contributed by atoms with Crippen molar-refractivity contribution in [3.05, 3.63) is 51.5 Å². The lowest BCUT2D eigenvalue weighted by Gasteiger charge is -2.28. The van der Waals surface area contributed by atoms with Crippen molar-refractivity contribution in [3.8, 4) is 0 Å². The molecule has 6 heteroatoms. The molecule has 22 heavy (non-hydrogen) atoms. The standard InChI is InChI=1S/C16H14F2N2OS/c1-10-19-12(9-22-10)4-5-16(21)20-6-2-3-13-14(18)7-11(17)8-15(13)20/h4-5,7-9H,2-3,6H2,1H3. The zero-order valence-corrected chi connectivity index (χ0v) is 12.8. The van der Waals surface area contributed by atoms with E-state index in [1.54, 1.807) is 6.08 Å². The van der Waals surface area contributed by atoms with Crippen molar-refractivity contribution >= 4 is 29.0 Å². The third-order valence-electron chi connectivity index (χ3n) is 3.54. The van der Waals surface area contributed by atoms with Crippen LogP contribution in [0.15, 0.2) is 23.6 Å². The van der Waals surface area contributed by atoms with Gasteiger partial charge in [-0.15, -0.1) is 11.3 Å². The molecule has 0 saturated heterocycles. The molecule has 3 rings (SSSR count). The van der Waals surface area contributed by atoms with Crippen molar-refractivity contribution in [2.45, 2.75) is 19.8 Å². The van der Waals surface area contributed by atoms with Gasteiger partial charge >= 0.3 is 0 Å². The van der Waals surface area contributed by atoms with Gasteiger partial charge < -0.3 is 4.90 Å². The summed E-state index contributed by atoms with van der Waals surface area (Å²) in [6.45, 7) is 2.34. The molecule has 0 fully saturated rings. The second-order valence-electron chi connectivity index (χ2n) is 5.10. The van der Waals surface area contributed by atoms with Crippen LogP contribution in [-0.2, 0) is 11.2 Å². The Morgan fingerprint density at radius 2 is 2.23 bits per heavy atom. The van der Waals surface area contributed by atoms with E-state index in [2.05, 4.69) is 4.98 Å². The molecule has 114 valence electrons. The topological polar surface area (TPSA) is 33.2 Å². The van der Waals surface area contributed by atoms with Crippen molar-refractivity contribution in [2.75, 3.05) is 11.4 Å². The summed E-state index contributed by atoms with van der Waals surface area (Å²) in [5.74, 6) is -1.56. The summed E-state index contributed by atoms with van der Waals surface area (Å²) >= 11 is 1.50. The highest BCUT2D eigenvalue weighted by molar-refractivity contribution is 7.09. The minimum Gasteiger partial charge on any atom is -0.308 e. The monoisotopic (exact) mass is 320 g/mol. The number of hydrogen-bond acceptors (Lipinski definition) is 3. The molecule has 1 amide bonds. The highest BCUT2D eigenvalue weighted by Gasteiger charge is 2.24. The Kier molecular flexibility index (Phi) is 4.02. The van der Waals surface area contributed by atoms with Gasteiger partial charge in [0, 0.05) is 29.6 Å². The van der Waals surface area contributed by atoms with Gasteiger partial charge in [0.1, 0.15) is 11.6 Å². The SMILES string of the molecule is Cc1nc(C=CC(=O)N2CCCc3c(F)cc(F)cc32)cs1. The van der Waals surface area contributed by atoms with Gasteiger partial charge in [0.2, 0.25) is 0 Å². The summed E-state index contributed by atoms with van der Waals surface area (Å²) in [6, 6.07) is 2.08. The predicted octanol–water partition coefficient (Wildman–Crippen LogP) is 3.72. The molecule has 0 N–H and O–H groups in total. The molecule has 0 aliphatic carbocycles. The van der Waals surface area contributed by atoms with Gasteiger partial charge in [0.05, 0.1) is 16.4 Å². The van der Waals surface area contributed by atoms with Crippen LogP contribution in [0, 0.1) is 18.6 Å². The summed E-state index contributed by atoms with van der Waals surface area (Å²) < 4.78 is 27.3. The van der Waals surface area contributed by atoms with Crippen LogP contribution in [-0.4, -0.2) is 17.4 Å². The number of amides is 1. The maximum Gasteiger partial charge on any atom is 0.251 e. The second kappa shape index (κ2) is 5.96. The molecular formula is C16H14F2N2OS. The number of aryl methyl sites for hydroxylation is 1. The predicted molar refractivity (Wildman–Crippen MR) is 82.9 cm³/mol. The third kappa shape index (κ3) is 2.92. The molecule has 1 aromatic heterocycles. The Morgan fingerprint density at radius 3 is 2.95 bits per heavy atom. The van der Waals surface area contributed by atoms with Crippen LogP contribution in [0.3, 0.4) is 0 Å². The van der Waals surface area contributed by atoms with Gasteiger partial charge in [-0.2, -0.15) is 0 Å². The largest absolute Gasteiger partial charge is 0.308 e. The molecular weight excluding hydrogens is 306 g/mol. The fourth-order valence-electron chi connectivity index (χ4n) is 2.54. The van der Waals surface area contributed by atoms with Gasteiger partial charge in [-0.05, 0) is 31.9 Å². The van der Waals surface area contributed by atoms with Gasteiger partial charge in [0.15, 0.2) is 0 Å². The number of carbonyl (C=O) groups is 1. The number of benzene rings is 1. The van der Waals surface area contributed by atoms with Crippen molar-refractivity contribution < 1.29 is 13.6 Å². The lowest BCUT2D eigenvalue weighted by molar-refractivity contribution is -0.114. The Balaban J connectivity index is 1.87. The van der Waals surface area contributed by atoms with Crippen LogP contribution in [0.2, 0.25) is 0 Å². The zero-order chi connectivity index (χ0) is 15.7. The van der Waals surface area contributed by atoms with Crippen LogP contribution >= 0.6 is 11.3 Å². The number of rotatable bonds is 2. The summed E-state index contributed by atoms with van der Waals surface area (Å²) in [5, 5.41) is 2.77. The van der Waals surface area contributed by atoms with Crippen molar-refractivity contribution in [1.29, 1.82) is 0 Å². The van der Waals surface area contributed by atoms with Crippen LogP contribution in [0.25, 0.3) is 6.08 Å². The number of aromatic nitrogens is 1. The highest BCUT2D eigenvalue weighted by atomic mass is 32.1. The fraction of sp³-hybridized carbons (Fsp3) is 0.250. The third-order valence-corrected chi connectivity index (χ3v) is 4.33. The quantitative estimate of drug-likeness (QED) is 0.790. The maximum atomic E-state index is 13.8. The van der Waals surface area contributed by atoms with Gasteiger partial charge in [-0.1, -0.05) is 0 Å². The fourth-order valence-corrected chi connectivity index (χ4v) is 3.13. The summed E-state index contributed by atoms with van der Waals surface area (Å²) in [7, 11) is 0. The van der Waals surface area contributed by atoms with E-state index in [0.717, 1.165) is 11.1 Å². The Labute approximate surface area is 130 Å². The van der Waals surface area contributed by atoms with E-state index >= 15 is 0 Å². The van der Waals surface area contributed by atoms with Crippen LogP contribution in [0.4, 0.5) is 14.5 Å². The molecule has 1 aliphatic heterocycles. The van der Waals surface area contributed by atoms with E-state index in [9.17, 15) is 13.6 Å². The number of hydrogen-bond donors (Lipinski definition) is 0. The van der Waals surface area contributed by atoms with Gasteiger partial charge in [0.25, 0.3) is 5.91 Å². The van der Waals surface area contributed by atoms with Crippen LogP contribution in [0.5, 0.6) is 0 Å².